The van der Waals surface area contributed by atoms with Gasteiger partial charge in [-0.1, -0.05) is 30.7 Å². The lowest BCUT2D eigenvalue weighted by Gasteiger charge is -2.14. The van der Waals surface area contributed by atoms with Gasteiger partial charge in [0, 0.05) is 24.0 Å². The molecule has 0 aromatic heterocycles. The molecule has 0 fully saturated rings. The van der Waals surface area contributed by atoms with E-state index in [-0.39, 0.29) is 11.9 Å². The molecule has 4 heteroatoms. The molecule has 0 bridgehead atoms. The van der Waals surface area contributed by atoms with Crippen LogP contribution in [0.15, 0.2) is 24.3 Å². The first-order valence-electron chi connectivity index (χ1n) is 6.36. The molecule has 1 aromatic carbocycles. The topological polar surface area (TPSA) is 41.1 Å². The van der Waals surface area contributed by atoms with E-state index in [1.807, 2.05) is 38.1 Å². The van der Waals surface area contributed by atoms with Crippen LogP contribution in [0.3, 0.4) is 0 Å². The largest absolute Gasteiger partial charge is 0.353 e. The van der Waals surface area contributed by atoms with E-state index in [9.17, 15) is 4.79 Å². The fraction of sp³-hybridized carbons (Fsp3) is 0.500. The third-order valence-corrected chi connectivity index (χ3v) is 2.85. The lowest BCUT2D eigenvalue weighted by Crippen LogP contribution is -2.35. The summed E-state index contributed by atoms with van der Waals surface area (Å²) in [6.45, 7) is 5.66. The van der Waals surface area contributed by atoms with Gasteiger partial charge < -0.3 is 10.6 Å². The Morgan fingerprint density at radius 2 is 2.22 bits per heavy atom. The molecule has 2 N–H and O–H groups in total. The van der Waals surface area contributed by atoms with Crippen molar-refractivity contribution >= 4 is 17.5 Å². The highest BCUT2D eigenvalue weighted by Gasteiger charge is 2.07. The molecule has 100 valence electrons. The van der Waals surface area contributed by atoms with Gasteiger partial charge in [0.2, 0.25) is 5.91 Å². The van der Waals surface area contributed by atoms with Gasteiger partial charge in [-0.3, -0.25) is 4.79 Å². The Hall–Kier alpha value is -1.06. The third kappa shape index (κ3) is 6.03. The smallest absolute Gasteiger partial charge is 0.221 e. The second-order valence-electron chi connectivity index (χ2n) is 4.41. The number of nitrogens with one attached hydrogen (secondary N) is 2. The summed E-state index contributed by atoms with van der Waals surface area (Å²) < 4.78 is 0. The molecule has 0 aliphatic heterocycles. The summed E-state index contributed by atoms with van der Waals surface area (Å²) in [5.41, 5.74) is 1.14. The molecule has 0 aliphatic rings. The molecule has 0 radical (unpaired) electrons. The molecule has 1 atom stereocenters. The summed E-state index contributed by atoms with van der Waals surface area (Å²) in [6.07, 6.45) is 1.32. The van der Waals surface area contributed by atoms with Crippen molar-refractivity contribution in [3.8, 4) is 0 Å². The maximum atomic E-state index is 11.6. The van der Waals surface area contributed by atoms with Crippen molar-refractivity contribution in [2.45, 2.75) is 32.7 Å². The third-order valence-electron chi connectivity index (χ3n) is 2.62. The van der Waals surface area contributed by atoms with Gasteiger partial charge >= 0.3 is 0 Å². The quantitative estimate of drug-likeness (QED) is 0.746. The number of halogens is 1. The Morgan fingerprint density at radius 1 is 1.44 bits per heavy atom. The SMILES string of the molecule is CCNCCC(=O)NC(C)Cc1cccc(Cl)c1. The van der Waals surface area contributed by atoms with E-state index in [1.165, 1.54) is 0 Å². The van der Waals surface area contributed by atoms with E-state index in [2.05, 4.69) is 10.6 Å². The predicted octanol–water partition coefficient (Wildman–Crippen LogP) is 2.39. The van der Waals surface area contributed by atoms with Crippen LogP contribution in [0.1, 0.15) is 25.8 Å². The molecule has 0 heterocycles. The lowest BCUT2D eigenvalue weighted by atomic mass is 10.1. The summed E-state index contributed by atoms with van der Waals surface area (Å²) in [5.74, 6) is 0.0884. The molecule has 0 spiro atoms. The summed E-state index contributed by atoms with van der Waals surface area (Å²) in [6, 6.07) is 7.86. The van der Waals surface area contributed by atoms with E-state index in [1.54, 1.807) is 0 Å². The van der Waals surface area contributed by atoms with E-state index in [0.717, 1.165) is 30.1 Å². The molecule has 1 aromatic rings. The summed E-state index contributed by atoms with van der Waals surface area (Å²) >= 11 is 5.92. The monoisotopic (exact) mass is 268 g/mol. The van der Waals surface area contributed by atoms with Crippen LogP contribution >= 0.6 is 11.6 Å². The highest BCUT2D eigenvalue weighted by atomic mass is 35.5. The Kier molecular flexibility index (Phi) is 6.76. The Morgan fingerprint density at radius 3 is 2.89 bits per heavy atom. The first kappa shape index (κ1) is 15.0. The van der Waals surface area contributed by atoms with Gasteiger partial charge in [-0.05, 0) is 37.6 Å². The minimum absolute atomic E-state index is 0.0884. The molecule has 0 aliphatic carbocycles. The van der Waals surface area contributed by atoms with Gasteiger partial charge in [-0.25, -0.2) is 0 Å². The highest BCUT2D eigenvalue weighted by Crippen LogP contribution is 2.12. The fourth-order valence-electron chi connectivity index (χ4n) is 1.79. The van der Waals surface area contributed by atoms with Gasteiger partial charge in [-0.2, -0.15) is 0 Å². The van der Waals surface area contributed by atoms with Gasteiger partial charge in [0.05, 0.1) is 0 Å². The van der Waals surface area contributed by atoms with Gasteiger partial charge in [0.25, 0.3) is 0 Å². The number of rotatable bonds is 7. The van der Waals surface area contributed by atoms with Crippen molar-refractivity contribution in [2.75, 3.05) is 13.1 Å². The summed E-state index contributed by atoms with van der Waals surface area (Å²) in [4.78, 5) is 11.6. The molecule has 0 saturated carbocycles. The van der Waals surface area contributed by atoms with Crippen molar-refractivity contribution in [3.05, 3.63) is 34.9 Å². The van der Waals surface area contributed by atoms with Crippen LogP contribution in [-0.4, -0.2) is 25.0 Å². The average Bonchev–Trinajstić information content (AvgIpc) is 2.29. The second-order valence-corrected chi connectivity index (χ2v) is 4.84. The van der Waals surface area contributed by atoms with Crippen LogP contribution in [0.4, 0.5) is 0 Å². The van der Waals surface area contributed by atoms with Crippen LogP contribution in [0, 0.1) is 0 Å². The first-order valence-corrected chi connectivity index (χ1v) is 6.74. The van der Waals surface area contributed by atoms with Crippen molar-refractivity contribution in [2.24, 2.45) is 0 Å². The fourth-order valence-corrected chi connectivity index (χ4v) is 2.01. The van der Waals surface area contributed by atoms with E-state index in [4.69, 9.17) is 11.6 Å². The van der Waals surface area contributed by atoms with E-state index < -0.39 is 0 Å². The molecule has 1 rings (SSSR count). The van der Waals surface area contributed by atoms with Crippen molar-refractivity contribution in [1.29, 1.82) is 0 Å². The Labute approximate surface area is 114 Å². The number of hydrogen-bond acceptors (Lipinski definition) is 2. The van der Waals surface area contributed by atoms with Crippen LogP contribution in [0.5, 0.6) is 0 Å². The van der Waals surface area contributed by atoms with E-state index in [0.29, 0.717) is 6.42 Å². The average molecular weight is 269 g/mol. The van der Waals surface area contributed by atoms with Crippen molar-refractivity contribution < 1.29 is 4.79 Å². The molecule has 0 saturated heterocycles. The lowest BCUT2D eigenvalue weighted by molar-refractivity contribution is -0.121. The predicted molar refractivity (Wildman–Crippen MR) is 75.9 cm³/mol. The normalized spacial score (nSPS) is 12.2. The van der Waals surface area contributed by atoms with Crippen LogP contribution in [0.25, 0.3) is 0 Å². The molecule has 3 nitrogen and oxygen atoms in total. The number of amides is 1. The van der Waals surface area contributed by atoms with Gasteiger partial charge in [0.15, 0.2) is 0 Å². The zero-order valence-corrected chi connectivity index (χ0v) is 11.8. The first-order chi connectivity index (χ1) is 8.61. The zero-order chi connectivity index (χ0) is 13.4. The molecule has 1 amide bonds. The number of benzene rings is 1. The number of hydrogen-bond donors (Lipinski definition) is 2. The standard InChI is InChI=1S/C14H21ClN2O/c1-3-16-8-7-14(18)17-11(2)9-12-5-4-6-13(15)10-12/h4-6,10-11,16H,3,7-9H2,1-2H3,(H,17,18). The molecule has 18 heavy (non-hydrogen) atoms. The molecule has 1 unspecified atom stereocenters. The van der Waals surface area contributed by atoms with E-state index >= 15 is 0 Å². The second kappa shape index (κ2) is 8.11. The van der Waals surface area contributed by atoms with Crippen molar-refractivity contribution in [1.82, 2.24) is 10.6 Å². The maximum Gasteiger partial charge on any atom is 0.221 e. The molecular formula is C14H21ClN2O. The van der Waals surface area contributed by atoms with Crippen LogP contribution in [0.2, 0.25) is 5.02 Å². The van der Waals surface area contributed by atoms with Crippen molar-refractivity contribution in [3.63, 3.8) is 0 Å². The zero-order valence-electron chi connectivity index (χ0n) is 11.0. The number of carbonyl (C=O) groups is 1. The number of carbonyl (C=O) groups excluding carboxylic acids is 1. The van der Waals surface area contributed by atoms with Gasteiger partial charge in [0.1, 0.15) is 0 Å². The van der Waals surface area contributed by atoms with Crippen LogP contribution < -0.4 is 10.6 Å². The Balaban J connectivity index is 2.32. The highest BCUT2D eigenvalue weighted by molar-refractivity contribution is 6.30. The minimum atomic E-state index is 0.0884. The summed E-state index contributed by atoms with van der Waals surface area (Å²) in [7, 11) is 0. The summed E-state index contributed by atoms with van der Waals surface area (Å²) in [5, 5.41) is 6.85. The van der Waals surface area contributed by atoms with Gasteiger partial charge in [-0.15, -0.1) is 0 Å². The minimum Gasteiger partial charge on any atom is -0.353 e. The maximum absolute atomic E-state index is 11.6. The molecular weight excluding hydrogens is 248 g/mol. The Bertz CT molecular complexity index is 382. The van der Waals surface area contributed by atoms with Crippen LogP contribution in [-0.2, 0) is 11.2 Å².